The minimum atomic E-state index is 0.441. The highest BCUT2D eigenvalue weighted by molar-refractivity contribution is 5.79. The second-order valence-corrected chi connectivity index (χ2v) is 7.75. The van der Waals surface area contributed by atoms with Crippen LogP contribution in [0, 0.1) is 5.92 Å². The largest absolute Gasteiger partial charge is 0.379 e. The highest BCUT2D eigenvalue weighted by Crippen LogP contribution is 2.13. The number of aromatic nitrogens is 3. The van der Waals surface area contributed by atoms with E-state index in [1.807, 2.05) is 24.4 Å². The fourth-order valence-electron chi connectivity index (χ4n) is 3.70. The average molecular weight is 402 g/mol. The van der Waals surface area contributed by atoms with Gasteiger partial charge in [-0.1, -0.05) is 19.9 Å². The minimum absolute atomic E-state index is 0.441. The van der Waals surface area contributed by atoms with Crippen molar-refractivity contribution in [2.75, 3.05) is 45.9 Å². The van der Waals surface area contributed by atoms with Gasteiger partial charge >= 0.3 is 0 Å². The molecular weight excluding hydrogens is 366 g/mol. The van der Waals surface area contributed by atoms with Gasteiger partial charge in [0.25, 0.3) is 0 Å². The Morgan fingerprint density at radius 1 is 1.21 bits per heavy atom. The van der Waals surface area contributed by atoms with Gasteiger partial charge in [0.2, 0.25) is 0 Å². The van der Waals surface area contributed by atoms with Gasteiger partial charge < -0.3 is 15.4 Å². The third-order valence-electron chi connectivity index (χ3n) is 5.32. The molecule has 2 aromatic heterocycles. The van der Waals surface area contributed by atoms with E-state index in [0.29, 0.717) is 12.0 Å². The summed E-state index contributed by atoms with van der Waals surface area (Å²) < 4.78 is 7.55. The maximum Gasteiger partial charge on any atom is 0.191 e. The van der Waals surface area contributed by atoms with Gasteiger partial charge in [0.15, 0.2) is 11.6 Å². The van der Waals surface area contributed by atoms with E-state index < -0.39 is 0 Å². The fraction of sp³-hybridized carbons (Fsp3) is 0.667. The van der Waals surface area contributed by atoms with Crippen LogP contribution in [0.15, 0.2) is 29.4 Å². The zero-order valence-electron chi connectivity index (χ0n) is 18.0. The normalized spacial score (nSPS) is 17.0. The molecule has 0 amide bonds. The zero-order valence-corrected chi connectivity index (χ0v) is 18.0. The van der Waals surface area contributed by atoms with Crippen molar-refractivity contribution in [2.45, 2.75) is 39.7 Å². The number of hydrogen-bond acceptors (Lipinski definition) is 5. The molecule has 2 aromatic rings. The first-order valence-corrected chi connectivity index (χ1v) is 10.8. The molecule has 1 aliphatic heterocycles. The summed E-state index contributed by atoms with van der Waals surface area (Å²) in [4.78, 5) is 7.39. The van der Waals surface area contributed by atoms with Crippen LogP contribution in [0.5, 0.6) is 0 Å². The molecule has 1 saturated heterocycles. The summed E-state index contributed by atoms with van der Waals surface area (Å²) >= 11 is 0. The van der Waals surface area contributed by atoms with Gasteiger partial charge in [-0.15, -0.1) is 10.2 Å². The van der Waals surface area contributed by atoms with Crippen LogP contribution in [0.4, 0.5) is 0 Å². The van der Waals surface area contributed by atoms with Crippen LogP contribution in [-0.2, 0) is 11.2 Å². The number of morpholine rings is 1. The van der Waals surface area contributed by atoms with E-state index in [2.05, 4.69) is 50.9 Å². The third-order valence-corrected chi connectivity index (χ3v) is 5.32. The molecular formula is C21H35N7O. The molecule has 160 valence electrons. The minimum Gasteiger partial charge on any atom is -0.379 e. The smallest absolute Gasteiger partial charge is 0.191 e. The molecule has 0 saturated carbocycles. The molecule has 0 aromatic carbocycles. The van der Waals surface area contributed by atoms with E-state index >= 15 is 0 Å². The predicted molar refractivity (Wildman–Crippen MR) is 116 cm³/mol. The Labute approximate surface area is 173 Å². The molecule has 1 aliphatic rings. The Morgan fingerprint density at radius 3 is 2.79 bits per heavy atom. The van der Waals surface area contributed by atoms with Gasteiger partial charge in [0.1, 0.15) is 5.82 Å². The maximum atomic E-state index is 5.50. The van der Waals surface area contributed by atoms with E-state index in [1.165, 1.54) is 0 Å². The Kier molecular flexibility index (Phi) is 8.25. The van der Waals surface area contributed by atoms with Crippen molar-refractivity contribution in [3.63, 3.8) is 0 Å². The second-order valence-electron chi connectivity index (χ2n) is 7.75. The predicted octanol–water partition coefficient (Wildman–Crippen LogP) is 1.57. The lowest BCUT2D eigenvalue weighted by molar-refractivity contribution is 0.00867. The van der Waals surface area contributed by atoms with E-state index in [9.17, 15) is 0 Å². The number of fused-ring (bicyclic) bond motifs is 1. The van der Waals surface area contributed by atoms with Crippen LogP contribution in [0.3, 0.4) is 0 Å². The standard InChI is InChI=1S/C21H35N7O/c1-4-22-21(24-16-18(17(2)3)27-12-14-29-15-13-27)23-10-7-9-20-26-25-19-8-5-6-11-28(19)20/h5-6,8,11,17-18H,4,7,9-10,12-16H2,1-3H3,(H2,22,23,24). The average Bonchev–Trinajstić information content (AvgIpc) is 3.15. The van der Waals surface area contributed by atoms with Gasteiger partial charge in [0, 0.05) is 44.8 Å². The molecule has 1 atom stereocenters. The molecule has 0 aliphatic carbocycles. The first-order chi connectivity index (χ1) is 14.2. The van der Waals surface area contributed by atoms with E-state index in [4.69, 9.17) is 9.73 Å². The summed E-state index contributed by atoms with van der Waals surface area (Å²) in [5.74, 6) is 2.44. The quantitative estimate of drug-likeness (QED) is 0.377. The molecule has 3 heterocycles. The first kappa shape index (κ1) is 21.5. The molecule has 0 bridgehead atoms. The lowest BCUT2D eigenvalue weighted by Crippen LogP contribution is -2.48. The van der Waals surface area contributed by atoms with Crippen LogP contribution >= 0.6 is 0 Å². The number of nitrogens with one attached hydrogen (secondary N) is 2. The Bertz CT molecular complexity index is 767. The van der Waals surface area contributed by atoms with Crippen LogP contribution in [0.1, 0.15) is 33.0 Å². The summed E-state index contributed by atoms with van der Waals surface area (Å²) in [5.41, 5.74) is 0.896. The van der Waals surface area contributed by atoms with Crippen molar-refractivity contribution in [1.82, 2.24) is 30.1 Å². The molecule has 3 rings (SSSR count). The summed E-state index contributed by atoms with van der Waals surface area (Å²) in [6, 6.07) is 6.41. The summed E-state index contributed by atoms with van der Waals surface area (Å²) in [7, 11) is 0. The van der Waals surface area contributed by atoms with Crippen LogP contribution < -0.4 is 10.6 Å². The Hall–Kier alpha value is -2.19. The van der Waals surface area contributed by atoms with Crippen molar-refractivity contribution in [1.29, 1.82) is 0 Å². The van der Waals surface area contributed by atoms with Gasteiger partial charge in [0.05, 0.1) is 19.8 Å². The number of aryl methyl sites for hydroxylation is 1. The van der Waals surface area contributed by atoms with Crippen molar-refractivity contribution in [2.24, 2.45) is 10.9 Å². The summed E-state index contributed by atoms with van der Waals surface area (Å²) in [6.45, 7) is 12.8. The number of ether oxygens (including phenoxy) is 1. The molecule has 8 nitrogen and oxygen atoms in total. The number of aliphatic imine (C=N–C) groups is 1. The molecule has 29 heavy (non-hydrogen) atoms. The topological polar surface area (TPSA) is 79.1 Å². The van der Waals surface area contributed by atoms with Crippen molar-refractivity contribution in [3.8, 4) is 0 Å². The lowest BCUT2D eigenvalue weighted by Gasteiger charge is -2.36. The molecule has 8 heteroatoms. The lowest BCUT2D eigenvalue weighted by atomic mass is 10.0. The number of nitrogens with zero attached hydrogens (tertiary/aromatic N) is 5. The van der Waals surface area contributed by atoms with E-state index in [1.54, 1.807) is 0 Å². The van der Waals surface area contributed by atoms with Crippen molar-refractivity contribution in [3.05, 3.63) is 30.2 Å². The molecule has 1 fully saturated rings. The molecule has 0 radical (unpaired) electrons. The Balaban J connectivity index is 1.50. The highest BCUT2D eigenvalue weighted by Gasteiger charge is 2.23. The van der Waals surface area contributed by atoms with Crippen molar-refractivity contribution < 1.29 is 4.74 Å². The van der Waals surface area contributed by atoms with Gasteiger partial charge in [-0.2, -0.15) is 0 Å². The second kappa shape index (κ2) is 11.1. The van der Waals surface area contributed by atoms with Crippen molar-refractivity contribution >= 4 is 11.6 Å². The molecule has 2 N–H and O–H groups in total. The van der Waals surface area contributed by atoms with E-state index in [-0.39, 0.29) is 0 Å². The molecule has 0 spiro atoms. The number of pyridine rings is 1. The summed E-state index contributed by atoms with van der Waals surface area (Å²) in [5, 5.41) is 15.3. The van der Waals surface area contributed by atoms with Gasteiger partial charge in [-0.05, 0) is 31.4 Å². The maximum absolute atomic E-state index is 5.50. The number of guanidine groups is 1. The summed E-state index contributed by atoms with van der Waals surface area (Å²) in [6.07, 6.45) is 3.86. The first-order valence-electron chi connectivity index (χ1n) is 10.8. The van der Waals surface area contributed by atoms with Gasteiger partial charge in [-0.3, -0.25) is 14.3 Å². The van der Waals surface area contributed by atoms with Crippen LogP contribution in [-0.4, -0.2) is 77.4 Å². The zero-order chi connectivity index (χ0) is 20.5. The molecule has 1 unspecified atom stereocenters. The number of rotatable bonds is 9. The monoisotopic (exact) mass is 401 g/mol. The third kappa shape index (κ3) is 6.14. The highest BCUT2D eigenvalue weighted by atomic mass is 16.5. The number of hydrogen-bond donors (Lipinski definition) is 2. The van der Waals surface area contributed by atoms with Gasteiger partial charge in [-0.25, -0.2) is 0 Å². The fourth-order valence-corrected chi connectivity index (χ4v) is 3.70. The van der Waals surface area contributed by atoms with Crippen LogP contribution in [0.25, 0.3) is 5.65 Å². The SMILES string of the molecule is CCNC(=NCC(C(C)C)N1CCOCC1)NCCCc1nnc2ccccn12. The Morgan fingerprint density at radius 2 is 2.03 bits per heavy atom. The van der Waals surface area contributed by atoms with Crippen LogP contribution in [0.2, 0.25) is 0 Å². The van der Waals surface area contributed by atoms with E-state index in [0.717, 1.165) is 76.2 Å².